The highest BCUT2D eigenvalue weighted by molar-refractivity contribution is 6.29. The second-order valence-corrected chi connectivity index (χ2v) is 4.02. The van der Waals surface area contributed by atoms with Crippen molar-refractivity contribution in [2.75, 3.05) is 5.73 Å². The first-order valence-corrected chi connectivity index (χ1v) is 5.34. The van der Waals surface area contributed by atoms with E-state index in [2.05, 4.69) is 15.3 Å². The van der Waals surface area contributed by atoms with Crippen molar-refractivity contribution in [3.8, 4) is 5.69 Å². The summed E-state index contributed by atoms with van der Waals surface area (Å²) < 4.78 is 1.70. The zero-order valence-corrected chi connectivity index (χ0v) is 9.46. The average Bonchev–Trinajstić information content (AvgIpc) is 2.72. The Kier molecular flexibility index (Phi) is 2.19. The first-order chi connectivity index (χ1) is 8.22. The fourth-order valence-electron chi connectivity index (χ4n) is 1.62. The number of rotatable bonds is 1. The van der Waals surface area contributed by atoms with Crippen molar-refractivity contribution in [1.82, 2.24) is 20.0 Å². The Bertz CT molecular complexity index is 691. The molecular formula is C11H8ClN5. The summed E-state index contributed by atoms with van der Waals surface area (Å²) in [6.45, 7) is 0. The van der Waals surface area contributed by atoms with Gasteiger partial charge in [-0.1, -0.05) is 11.6 Å². The van der Waals surface area contributed by atoms with Gasteiger partial charge in [0.05, 0.1) is 17.4 Å². The van der Waals surface area contributed by atoms with Crippen LogP contribution in [0.4, 0.5) is 5.69 Å². The topological polar surface area (TPSA) is 69.6 Å². The largest absolute Gasteiger partial charge is 0.399 e. The molecule has 2 heterocycles. The standard InChI is InChI=1S/C11H8ClN5/c12-11-4-9(5-14-15-11)17-6-7-1-2-8(13)3-10(7)16-17/h1-6H,13H2. The number of aromatic nitrogens is 4. The summed E-state index contributed by atoms with van der Waals surface area (Å²) in [5.41, 5.74) is 7.99. The van der Waals surface area contributed by atoms with Crippen LogP contribution in [0.3, 0.4) is 0 Å². The maximum Gasteiger partial charge on any atom is 0.153 e. The lowest BCUT2D eigenvalue weighted by Crippen LogP contribution is -1.96. The number of hydrogen-bond donors (Lipinski definition) is 1. The molecule has 2 N–H and O–H groups in total. The van der Waals surface area contributed by atoms with Crippen LogP contribution in [0.15, 0.2) is 36.7 Å². The van der Waals surface area contributed by atoms with Gasteiger partial charge in [-0.15, -0.1) is 5.10 Å². The number of nitrogens with zero attached hydrogens (tertiary/aromatic N) is 4. The fourth-order valence-corrected chi connectivity index (χ4v) is 1.78. The molecule has 0 aliphatic rings. The number of nitrogen functional groups attached to an aromatic ring is 1. The monoisotopic (exact) mass is 245 g/mol. The van der Waals surface area contributed by atoms with Crippen LogP contribution in [0.1, 0.15) is 0 Å². The molecule has 3 rings (SSSR count). The van der Waals surface area contributed by atoms with E-state index in [9.17, 15) is 0 Å². The molecule has 0 saturated heterocycles. The number of halogens is 1. The number of nitrogens with two attached hydrogens (primary N) is 1. The van der Waals surface area contributed by atoms with Gasteiger partial charge in [0.2, 0.25) is 0 Å². The highest BCUT2D eigenvalue weighted by atomic mass is 35.5. The molecule has 0 aliphatic carbocycles. The minimum absolute atomic E-state index is 0.335. The lowest BCUT2D eigenvalue weighted by Gasteiger charge is -1.98. The van der Waals surface area contributed by atoms with Crippen molar-refractivity contribution < 1.29 is 0 Å². The molecule has 0 aliphatic heterocycles. The molecule has 0 atom stereocenters. The van der Waals surface area contributed by atoms with Gasteiger partial charge in [-0.3, -0.25) is 0 Å². The first-order valence-electron chi connectivity index (χ1n) is 4.96. The van der Waals surface area contributed by atoms with E-state index in [0.29, 0.717) is 10.8 Å². The van der Waals surface area contributed by atoms with Gasteiger partial charge in [0.1, 0.15) is 0 Å². The Morgan fingerprint density at radius 2 is 2.12 bits per heavy atom. The van der Waals surface area contributed by atoms with Gasteiger partial charge in [0.25, 0.3) is 0 Å². The summed E-state index contributed by atoms with van der Waals surface area (Å²) in [5.74, 6) is 0. The third-order valence-corrected chi connectivity index (χ3v) is 2.59. The lowest BCUT2D eigenvalue weighted by atomic mass is 10.2. The van der Waals surface area contributed by atoms with Crippen LogP contribution in [-0.2, 0) is 0 Å². The van der Waals surface area contributed by atoms with Crippen LogP contribution >= 0.6 is 11.6 Å². The molecule has 0 amide bonds. The molecule has 17 heavy (non-hydrogen) atoms. The molecule has 0 bridgehead atoms. The number of benzene rings is 1. The number of hydrogen-bond acceptors (Lipinski definition) is 4. The average molecular weight is 246 g/mol. The zero-order valence-electron chi connectivity index (χ0n) is 8.71. The van der Waals surface area contributed by atoms with Gasteiger partial charge < -0.3 is 5.73 Å². The molecule has 2 aromatic heterocycles. The minimum atomic E-state index is 0.335. The Morgan fingerprint density at radius 1 is 1.24 bits per heavy atom. The molecule has 1 aromatic carbocycles. The van der Waals surface area contributed by atoms with Crippen LogP contribution in [0.2, 0.25) is 5.15 Å². The van der Waals surface area contributed by atoms with Crippen LogP contribution < -0.4 is 5.73 Å². The molecule has 0 fully saturated rings. The van der Waals surface area contributed by atoms with E-state index in [1.165, 1.54) is 0 Å². The van der Waals surface area contributed by atoms with E-state index < -0.39 is 0 Å². The smallest absolute Gasteiger partial charge is 0.153 e. The van der Waals surface area contributed by atoms with E-state index in [1.54, 1.807) is 16.9 Å². The third kappa shape index (κ3) is 1.81. The Morgan fingerprint density at radius 3 is 2.94 bits per heavy atom. The maximum atomic E-state index is 5.78. The van der Waals surface area contributed by atoms with Gasteiger partial charge in [0, 0.05) is 23.3 Å². The summed E-state index contributed by atoms with van der Waals surface area (Å²) in [6.07, 6.45) is 3.49. The molecule has 0 radical (unpaired) electrons. The predicted octanol–water partition coefficient (Wildman–Crippen LogP) is 2.05. The molecule has 0 saturated carbocycles. The molecule has 0 unspecified atom stereocenters. The van der Waals surface area contributed by atoms with Gasteiger partial charge in [-0.2, -0.15) is 10.2 Å². The number of fused-ring (bicyclic) bond motifs is 1. The molecule has 6 heteroatoms. The van der Waals surface area contributed by atoms with Crippen molar-refractivity contribution in [2.45, 2.75) is 0 Å². The number of anilines is 1. The van der Waals surface area contributed by atoms with Crippen LogP contribution in [-0.4, -0.2) is 20.0 Å². The lowest BCUT2D eigenvalue weighted by molar-refractivity contribution is 0.872. The van der Waals surface area contributed by atoms with Crippen molar-refractivity contribution in [3.05, 3.63) is 41.8 Å². The second-order valence-electron chi connectivity index (χ2n) is 3.63. The maximum absolute atomic E-state index is 5.78. The summed E-state index contributed by atoms with van der Waals surface area (Å²) in [5, 5.41) is 13.2. The summed E-state index contributed by atoms with van der Waals surface area (Å²) in [4.78, 5) is 0. The first kappa shape index (κ1) is 10.0. The Balaban J connectivity index is 2.18. The molecule has 84 valence electrons. The summed E-state index contributed by atoms with van der Waals surface area (Å²) in [7, 11) is 0. The van der Waals surface area contributed by atoms with Gasteiger partial charge in [-0.05, 0) is 18.2 Å². The van der Waals surface area contributed by atoms with Crippen LogP contribution in [0.25, 0.3) is 16.6 Å². The highest BCUT2D eigenvalue weighted by Crippen LogP contribution is 2.18. The van der Waals surface area contributed by atoms with E-state index in [0.717, 1.165) is 16.6 Å². The van der Waals surface area contributed by atoms with Gasteiger partial charge >= 0.3 is 0 Å². The second kappa shape index (κ2) is 3.71. The van der Waals surface area contributed by atoms with E-state index in [-0.39, 0.29) is 0 Å². The minimum Gasteiger partial charge on any atom is -0.399 e. The molecule has 0 spiro atoms. The predicted molar refractivity (Wildman–Crippen MR) is 66.1 cm³/mol. The molecular weight excluding hydrogens is 238 g/mol. The molecule has 3 aromatic rings. The quantitative estimate of drug-likeness (QED) is 0.666. The normalized spacial score (nSPS) is 10.9. The van der Waals surface area contributed by atoms with Crippen LogP contribution in [0.5, 0.6) is 0 Å². The van der Waals surface area contributed by atoms with Crippen molar-refractivity contribution >= 4 is 28.2 Å². The zero-order chi connectivity index (χ0) is 11.8. The van der Waals surface area contributed by atoms with E-state index in [4.69, 9.17) is 17.3 Å². The third-order valence-electron chi connectivity index (χ3n) is 2.41. The van der Waals surface area contributed by atoms with Crippen molar-refractivity contribution in [2.24, 2.45) is 0 Å². The Hall–Kier alpha value is -2.14. The SMILES string of the molecule is Nc1ccc2cn(-c3cnnc(Cl)c3)nc2c1. The molecule has 5 nitrogen and oxygen atoms in total. The van der Waals surface area contributed by atoms with E-state index >= 15 is 0 Å². The summed E-state index contributed by atoms with van der Waals surface area (Å²) >= 11 is 5.78. The van der Waals surface area contributed by atoms with E-state index in [1.807, 2.05) is 24.4 Å². The van der Waals surface area contributed by atoms with Gasteiger partial charge in [0.15, 0.2) is 5.15 Å². The van der Waals surface area contributed by atoms with Crippen LogP contribution in [0, 0.1) is 0 Å². The van der Waals surface area contributed by atoms with Gasteiger partial charge in [-0.25, -0.2) is 4.68 Å². The highest BCUT2D eigenvalue weighted by Gasteiger charge is 2.04. The van der Waals surface area contributed by atoms with Crippen molar-refractivity contribution in [1.29, 1.82) is 0 Å². The van der Waals surface area contributed by atoms with Crippen molar-refractivity contribution in [3.63, 3.8) is 0 Å². The Labute approximate surface area is 102 Å². The fraction of sp³-hybridized carbons (Fsp3) is 0. The summed E-state index contributed by atoms with van der Waals surface area (Å²) in [6, 6.07) is 7.28.